The Morgan fingerprint density at radius 1 is 1.46 bits per heavy atom. The number of hydrogen-bond donors (Lipinski definition) is 2. The van der Waals surface area contributed by atoms with Gasteiger partial charge in [0.05, 0.1) is 6.42 Å². The lowest BCUT2D eigenvalue weighted by molar-refractivity contribution is -0.199. The second kappa shape index (κ2) is 3.71. The summed E-state index contributed by atoms with van der Waals surface area (Å²) in [6.45, 7) is 1.31. The highest BCUT2D eigenvalue weighted by Gasteiger charge is 2.33. The number of rotatable bonds is 1. The van der Waals surface area contributed by atoms with E-state index in [1.807, 2.05) is 0 Å². The third kappa shape index (κ3) is 2.40. The number of carbonyl (C=O) groups is 2. The molecule has 3 atom stereocenters. The summed E-state index contributed by atoms with van der Waals surface area (Å²) < 4.78 is 9.00. The number of carbonyl (C=O) groups excluding carboxylic acids is 2. The third-order valence-electron chi connectivity index (χ3n) is 1.51. The Morgan fingerprint density at radius 3 is 2.62 bits per heavy atom. The zero-order valence-corrected chi connectivity index (χ0v) is 6.97. The Kier molecular flexibility index (Phi) is 2.84. The Labute approximate surface area is 74.1 Å². The highest BCUT2D eigenvalue weighted by atomic mass is 16.7. The zero-order valence-electron chi connectivity index (χ0n) is 6.97. The van der Waals surface area contributed by atoms with Gasteiger partial charge in [-0.05, 0) is 6.92 Å². The predicted octanol–water partition coefficient (Wildman–Crippen LogP) is -1.46. The van der Waals surface area contributed by atoms with Crippen LogP contribution in [0.3, 0.4) is 0 Å². The van der Waals surface area contributed by atoms with E-state index in [4.69, 9.17) is 10.2 Å². The fraction of sp³-hybridized carbons (Fsp3) is 0.714. The van der Waals surface area contributed by atoms with Gasteiger partial charge in [-0.1, -0.05) is 0 Å². The molecule has 13 heavy (non-hydrogen) atoms. The smallest absolute Gasteiger partial charge is 0.338 e. The van der Waals surface area contributed by atoms with E-state index in [1.54, 1.807) is 0 Å². The highest BCUT2D eigenvalue weighted by Crippen LogP contribution is 2.12. The minimum absolute atomic E-state index is 0.442. The van der Waals surface area contributed by atoms with Crippen LogP contribution in [0.25, 0.3) is 0 Å². The number of aliphatic hydroxyl groups is 2. The van der Waals surface area contributed by atoms with Crippen LogP contribution in [-0.2, 0) is 19.1 Å². The predicted molar refractivity (Wildman–Crippen MR) is 38.3 cm³/mol. The van der Waals surface area contributed by atoms with E-state index < -0.39 is 36.9 Å². The molecule has 3 unspecified atom stereocenters. The van der Waals surface area contributed by atoms with E-state index in [2.05, 4.69) is 9.47 Å². The number of ether oxygens (including phenoxy) is 2. The van der Waals surface area contributed by atoms with Crippen LogP contribution in [0.5, 0.6) is 0 Å². The molecule has 1 fully saturated rings. The molecule has 0 amide bonds. The molecule has 0 aliphatic carbocycles. The summed E-state index contributed by atoms with van der Waals surface area (Å²) in [4.78, 5) is 21.7. The van der Waals surface area contributed by atoms with Crippen LogP contribution in [0.2, 0.25) is 0 Å². The van der Waals surface area contributed by atoms with Crippen LogP contribution < -0.4 is 0 Å². The minimum atomic E-state index is -1.50. The van der Waals surface area contributed by atoms with Gasteiger partial charge in [-0.2, -0.15) is 0 Å². The van der Waals surface area contributed by atoms with Crippen LogP contribution in [0.1, 0.15) is 13.3 Å². The van der Waals surface area contributed by atoms with Crippen molar-refractivity contribution < 1.29 is 29.3 Å². The van der Waals surface area contributed by atoms with E-state index in [9.17, 15) is 9.59 Å². The molecule has 0 spiro atoms. The molecule has 1 aliphatic rings. The molecule has 0 aromatic heterocycles. The molecule has 1 saturated heterocycles. The van der Waals surface area contributed by atoms with E-state index in [0.29, 0.717) is 0 Å². The van der Waals surface area contributed by atoms with Crippen molar-refractivity contribution in [2.75, 3.05) is 0 Å². The van der Waals surface area contributed by atoms with Crippen LogP contribution in [-0.4, -0.2) is 40.6 Å². The van der Waals surface area contributed by atoms with Crippen LogP contribution in [0.4, 0.5) is 0 Å². The summed E-state index contributed by atoms with van der Waals surface area (Å²) in [5.41, 5.74) is 0. The molecular formula is C7H10O6. The fourth-order valence-corrected chi connectivity index (χ4v) is 0.833. The second-order valence-corrected chi connectivity index (χ2v) is 2.76. The normalized spacial score (nSPS) is 31.6. The quantitative estimate of drug-likeness (QED) is 0.491. The van der Waals surface area contributed by atoms with Crippen LogP contribution >= 0.6 is 0 Å². The van der Waals surface area contributed by atoms with Gasteiger partial charge in [0, 0.05) is 0 Å². The molecule has 0 bridgehead atoms. The lowest BCUT2D eigenvalue weighted by atomic mass is 10.3. The molecule has 1 aliphatic heterocycles. The first-order valence-corrected chi connectivity index (χ1v) is 3.77. The molecule has 1 heterocycles. The van der Waals surface area contributed by atoms with Crippen LogP contribution in [0.15, 0.2) is 0 Å². The summed E-state index contributed by atoms with van der Waals surface area (Å²) in [6.07, 6.45) is -4.38. The highest BCUT2D eigenvalue weighted by molar-refractivity contribution is 5.83. The maximum Gasteiger partial charge on any atom is 0.338 e. The molecule has 0 aromatic carbocycles. The van der Waals surface area contributed by atoms with Crippen molar-refractivity contribution in [2.45, 2.75) is 31.8 Å². The minimum Gasteiger partial charge on any atom is -0.422 e. The first-order valence-electron chi connectivity index (χ1n) is 3.77. The van der Waals surface area contributed by atoms with Crippen molar-refractivity contribution in [3.63, 3.8) is 0 Å². The molecule has 74 valence electrons. The zero-order chi connectivity index (χ0) is 10.0. The maximum absolute atomic E-state index is 10.9. The summed E-state index contributed by atoms with van der Waals surface area (Å²) in [7, 11) is 0. The van der Waals surface area contributed by atoms with Crippen molar-refractivity contribution in [2.24, 2.45) is 0 Å². The fourth-order valence-electron chi connectivity index (χ4n) is 0.833. The Balaban J connectivity index is 2.71. The van der Waals surface area contributed by atoms with Crippen molar-refractivity contribution in [1.82, 2.24) is 0 Å². The van der Waals surface area contributed by atoms with Crippen molar-refractivity contribution in [3.05, 3.63) is 0 Å². The number of aliphatic hydroxyl groups excluding tert-OH is 2. The molecule has 0 saturated carbocycles. The Morgan fingerprint density at radius 2 is 2.08 bits per heavy atom. The topological polar surface area (TPSA) is 93.1 Å². The maximum atomic E-state index is 10.9. The molecule has 0 aromatic rings. The average Bonchev–Trinajstić information content (AvgIpc) is 2.12. The molecule has 6 nitrogen and oxygen atoms in total. The summed E-state index contributed by atoms with van der Waals surface area (Å²) in [5.74, 6) is -1.74. The van der Waals surface area contributed by atoms with Gasteiger partial charge in [-0.25, -0.2) is 4.79 Å². The molecule has 0 radical (unpaired) electrons. The lowest BCUT2D eigenvalue weighted by Gasteiger charge is -2.17. The van der Waals surface area contributed by atoms with Gasteiger partial charge in [-0.3, -0.25) is 4.79 Å². The third-order valence-corrected chi connectivity index (χ3v) is 1.51. The van der Waals surface area contributed by atoms with Crippen LogP contribution in [0, 0.1) is 0 Å². The van der Waals surface area contributed by atoms with Crippen molar-refractivity contribution in [1.29, 1.82) is 0 Å². The summed E-state index contributed by atoms with van der Waals surface area (Å²) in [6, 6.07) is 0. The Hall–Kier alpha value is -1.14. The molecule has 2 N–H and O–H groups in total. The van der Waals surface area contributed by atoms with Gasteiger partial charge in [-0.15, -0.1) is 0 Å². The van der Waals surface area contributed by atoms with Crippen molar-refractivity contribution in [3.8, 4) is 0 Å². The number of cyclic esters (lactones) is 2. The van der Waals surface area contributed by atoms with E-state index in [-0.39, 0.29) is 0 Å². The molecule has 6 heteroatoms. The summed E-state index contributed by atoms with van der Waals surface area (Å²) >= 11 is 0. The first-order chi connectivity index (χ1) is 6.00. The monoisotopic (exact) mass is 190 g/mol. The summed E-state index contributed by atoms with van der Waals surface area (Å²) in [5, 5.41) is 18.0. The van der Waals surface area contributed by atoms with Gasteiger partial charge < -0.3 is 19.7 Å². The molecular weight excluding hydrogens is 180 g/mol. The van der Waals surface area contributed by atoms with E-state index in [0.717, 1.165) is 0 Å². The van der Waals surface area contributed by atoms with Gasteiger partial charge in [0.1, 0.15) is 6.10 Å². The number of hydrogen-bond acceptors (Lipinski definition) is 6. The number of esters is 2. The lowest BCUT2D eigenvalue weighted by Crippen LogP contribution is -2.32. The average molecular weight is 190 g/mol. The van der Waals surface area contributed by atoms with E-state index in [1.165, 1.54) is 6.92 Å². The largest absolute Gasteiger partial charge is 0.422 e. The van der Waals surface area contributed by atoms with Gasteiger partial charge in [0.25, 0.3) is 6.29 Å². The van der Waals surface area contributed by atoms with Gasteiger partial charge >= 0.3 is 11.9 Å². The molecule has 1 rings (SSSR count). The second-order valence-electron chi connectivity index (χ2n) is 2.76. The van der Waals surface area contributed by atoms with E-state index >= 15 is 0 Å². The first kappa shape index (κ1) is 9.94. The SMILES string of the molecule is CC(O)C1OC(=O)CC(O)C(=O)O1. The Bertz CT molecular complexity index is 223. The van der Waals surface area contributed by atoms with Crippen molar-refractivity contribution >= 4 is 11.9 Å². The van der Waals surface area contributed by atoms with Gasteiger partial charge in [0.15, 0.2) is 6.10 Å². The van der Waals surface area contributed by atoms with Gasteiger partial charge in [0.2, 0.25) is 0 Å². The standard InChI is InChI=1S/C7H10O6/c1-3(8)7-12-5(10)2-4(9)6(11)13-7/h3-4,7-9H,2H2,1H3.